The fourth-order valence-corrected chi connectivity index (χ4v) is 4.70. The van der Waals surface area contributed by atoms with Crippen LogP contribution < -0.4 is 10.1 Å². The van der Waals surface area contributed by atoms with Crippen molar-refractivity contribution in [3.63, 3.8) is 0 Å². The second kappa shape index (κ2) is 13.0. The lowest BCUT2D eigenvalue weighted by Gasteiger charge is -2.37. The number of amides is 2. The Morgan fingerprint density at radius 2 is 1.73 bits per heavy atom. The molecule has 1 aliphatic rings. The lowest BCUT2D eigenvalue weighted by molar-refractivity contribution is -0.122. The molecule has 8 nitrogen and oxygen atoms in total. The first-order valence-electron chi connectivity index (χ1n) is 13.4. The number of ether oxygens (including phenoxy) is 4. The van der Waals surface area contributed by atoms with Gasteiger partial charge in [0.15, 0.2) is 0 Å². The fraction of sp³-hybridized carbons (Fsp3) is 0.533. The van der Waals surface area contributed by atoms with Crippen molar-refractivity contribution < 1.29 is 37.3 Å². The van der Waals surface area contributed by atoms with E-state index in [1.165, 1.54) is 12.0 Å². The Labute approximate surface area is 234 Å². The van der Waals surface area contributed by atoms with Crippen molar-refractivity contribution >= 4 is 17.7 Å². The van der Waals surface area contributed by atoms with Gasteiger partial charge in [-0.3, -0.25) is 9.69 Å². The van der Waals surface area contributed by atoms with Crippen molar-refractivity contribution in [1.29, 1.82) is 0 Å². The van der Waals surface area contributed by atoms with Gasteiger partial charge in [-0.2, -0.15) is 0 Å². The van der Waals surface area contributed by atoms with E-state index in [-0.39, 0.29) is 24.4 Å². The number of halogens is 2. The summed E-state index contributed by atoms with van der Waals surface area (Å²) >= 11 is 0. The van der Waals surface area contributed by atoms with Crippen LogP contribution in [0.5, 0.6) is 5.75 Å². The van der Waals surface area contributed by atoms with Crippen LogP contribution in [0.2, 0.25) is 0 Å². The lowest BCUT2D eigenvalue weighted by atomic mass is 9.84. The van der Waals surface area contributed by atoms with Crippen molar-refractivity contribution in [1.82, 2.24) is 4.90 Å². The first-order chi connectivity index (χ1) is 18.8. The molecule has 1 aliphatic heterocycles. The number of methoxy groups -OCH3 is 1. The fourth-order valence-electron chi connectivity index (χ4n) is 4.70. The number of fused-ring (bicyclic) bond motifs is 1. The molecule has 220 valence electrons. The number of benzene rings is 2. The van der Waals surface area contributed by atoms with Crippen LogP contribution in [-0.4, -0.2) is 62.6 Å². The normalized spacial score (nSPS) is 15.4. The molecule has 1 heterocycles. The number of nitrogens with zero attached hydrogens (tertiary/aromatic N) is 1. The molecule has 0 saturated heterocycles. The molecule has 1 atom stereocenters. The Hall–Kier alpha value is -3.24. The van der Waals surface area contributed by atoms with Gasteiger partial charge in [0.1, 0.15) is 29.0 Å². The van der Waals surface area contributed by atoms with Crippen molar-refractivity contribution in [2.75, 3.05) is 45.4 Å². The molecule has 2 aromatic rings. The molecule has 0 fully saturated rings. The van der Waals surface area contributed by atoms with E-state index in [0.717, 1.165) is 17.7 Å². The van der Waals surface area contributed by atoms with E-state index in [2.05, 4.69) is 5.32 Å². The smallest absolute Gasteiger partial charge is 0.411 e. The van der Waals surface area contributed by atoms with Crippen molar-refractivity contribution in [3.8, 4) is 5.75 Å². The maximum atomic E-state index is 15.3. The molecule has 0 saturated carbocycles. The maximum absolute atomic E-state index is 15.3. The molecule has 3 rings (SSSR count). The number of nitrogens with one attached hydrogen (secondary N) is 1. The minimum atomic E-state index is -1.08. The van der Waals surface area contributed by atoms with Gasteiger partial charge >= 0.3 is 6.09 Å². The Balaban J connectivity index is 1.91. The highest BCUT2D eigenvalue weighted by molar-refractivity contribution is 5.98. The molecule has 0 radical (unpaired) electrons. The quantitative estimate of drug-likeness (QED) is 0.370. The van der Waals surface area contributed by atoms with E-state index in [4.69, 9.17) is 18.9 Å². The molecule has 10 heteroatoms. The monoisotopic (exact) mass is 562 g/mol. The average molecular weight is 563 g/mol. The van der Waals surface area contributed by atoms with Gasteiger partial charge in [0.25, 0.3) is 5.91 Å². The van der Waals surface area contributed by atoms with Gasteiger partial charge in [-0.15, -0.1) is 0 Å². The first kappa shape index (κ1) is 31.3. The van der Waals surface area contributed by atoms with Gasteiger partial charge in [-0.1, -0.05) is 19.9 Å². The molecule has 1 N–H and O–H groups in total. The molecule has 2 aromatic carbocycles. The third-order valence-corrected chi connectivity index (χ3v) is 6.41. The van der Waals surface area contributed by atoms with Crippen molar-refractivity contribution in [2.45, 2.75) is 65.0 Å². The number of carbonyl (C=O) groups is 2. The summed E-state index contributed by atoms with van der Waals surface area (Å²) < 4.78 is 52.1. The summed E-state index contributed by atoms with van der Waals surface area (Å²) in [6, 6.07) is 6.38. The molecule has 0 aromatic heterocycles. The van der Waals surface area contributed by atoms with Crippen LogP contribution >= 0.6 is 0 Å². The average Bonchev–Trinajstić information content (AvgIpc) is 2.84. The van der Waals surface area contributed by atoms with Gasteiger partial charge < -0.3 is 24.3 Å². The van der Waals surface area contributed by atoms with Gasteiger partial charge in [0.2, 0.25) is 0 Å². The maximum Gasteiger partial charge on any atom is 0.411 e. The number of anilines is 1. The lowest BCUT2D eigenvalue weighted by Crippen LogP contribution is -2.47. The van der Waals surface area contributed by atoms with Crippen LogP contribution in [0.4, 0.5) is 19.3 Å². The SMILES string of the molecule is CCOc1ccc2c(c1)CCN(C(=O)OC(C)(C)C)C2C(=O)Nc1cc(F)c(C(C)(C)COCCOC)c(F)c1. The number of hydrogen-bond donors (Lipinski definition) is 1. The summed E-state index contributed by atoms with van der Waals surface area (Å²) in [6.45, 7) is 11.9. The summed E-state index contributed by atoms with van der Waals surface area (Å²) in [6.07, 6.45) is -0.172. The van der Waals surface area contributed by atoms with Crippen LogP contribution in [0.15, 0.2) is 30.3 Å². The Morgan fingerprint density at radius 1 is 1.05 bits per heavy atom. The van der Waals surface area contributed by atoms with E-state index in [1.54, 1.807) is 46.8 Å². The second-order valence-corrected chi connectivity index (χ2v) is 11.4. The van der Waals surface area contributed by atoms with E-state index in [9.17, 15) is 9.59 Å². The summed E-state index contributed by atoms with van der Waals surface area (Å²) in [5.41, 5.74) is -0.539. The molecule has 2 amide bonds. The summed E-state index contributed by atoms with van der Waals surface area (Å²) in [5, 5.41) is 2.61. The first-order valence-corrected chi connectivity index (χ1v) is 13.4. The Bertz CT molecular complexity index is 1190. The highest BCUT2D eigenvalue weighted by Gasteiger charge is 2.39. The van der Waals surface area contributed by atoms with Gasteiger partial charge in [-0.05, 0) is 69.5 Å². The topological polar surface area (TPSA) is 86.3 Å². The molecule has 0 bridgehead atoms. The molecular formula is C30H40F2N2O6. The Kier molecular flexibility index (Phi) is 10.1. The van der Waals surface area contributed by atoms with Crippen molar-refractivity contribution in [3.05, 3.63) is 58.7 Å². The van der Waals surface area contributed by atoms with Crippen LogP contribution in [0.3, 0.4) is 0 Å². The van der Waals surface area contributed by atoms with Gasteiger partial charge in [0.05, 0.1) is 26.4 Å². The third-order valence-electron chi connectivity index (χ3n) is 6.41. The minimum absolute atomic E-state index is 0.0675. The number of rotatable bonds is 10. The van der Waals surface area contributed by atoms with Crippen molar-refractivity contribution in [2.24, 2.45) is 0 Å². The van der Waals surface area contributed by atoms with Crippen LogP contribution in [0, 0.1) is 11.6 Å². The van der Waals surface area contributed by atoms with Gasteiger partial charge in [0, 0.05) is 30.3 Å². The van der Waals surface area contributed by atoms with Crippen LogP contribution in [-0.2, 0) is 30.8 Å². The van der Waals surface area contributed by atoms with Crippen LogP contribution in [0.1, 0.15) is 64.3 Å². The molecule has 40 heavy (non-hydrogen) atoms. The summed E-state index contributed by atoms with van der Waals surface area (Å²) in [4.78, 5) is 28.1. The van der Waals surface area contributed by atoms with Crippen LogP contribution in [0.25, 0.3) is 0 Å². The second-order valence-electron chi connectivity index (χ2n) is 11.4. The van der Waals surface area contributed by atoms with E-state index in [1.807, 2.05) is 13.0 Å². The summed E-state index contributed by atoms with van der Waals surface area (Å²) in [7, 11) is 1.54. The molecule has 1 unspecified atom stereocenters. The largest absolute Gasteiger partial charge is 0.494 e. The molecule has 0 aliphatic carbocycles. The zero-order chi connectivity index (χ0) is 29.7. The standard InChI is InChI=1S/C30H40F2N2O6/c1-8-39-21-9-10-22-19(15-21)11-12-34(28(36)40-29(2,3)4)26(22)27(35)33-20-16-23(31)25(24(32)17-20)30(5,6)18-38-14-13-37-7/h9-10,15-17,26H,8,11-14,18H2,1-7H3,(H,33,35). The highest BCUT2D eigenvalue weighted by atomic mass is 19.1. The van der Waals surface area contributed by atoms with E-state index in [0.29, 0.717) is 37.6 Å². The predicted octanol–water partition coefficient (Wildman–Crippen LogP) is 5.78. The molecular weight excluding hydrogens is 522 g/mol. The number of carbonyl (C=O) groups excluding carboxylic acids is 2. The summed E-state index contributed by atoms with van der Waals surface area (Å²) in [5.74, 6) is -1.60. The number of hydrogen-bond acceptors (Lipinski definition) is 6. The Morgan fingerprint density at radius 3 is 2.33 bits per heavy atom. The third kappa shape index (κ3) is 7.69. The van der Waals surface area contributed by atoms with E-state index >= 15 is 8.78 Å². The minimum Gasteiger partial charge on any atom is -0.494 e. The van der Waals surface area contributed by atoms with Gasteiger partial charge in [-0.25, -0.2) is 13.6 Å². The zero-order valence-electron chi connectivity index (χ0n) is 24.4. The van der Waals surface area contributed by atoms with E-state index < -0.39 is 40.7 Å². The predicted molar refractivity (Wildman–Crippen MR) is 148 cm³/mol. The zero-order valence-corrected chi connectivity index (χ0v) is 24.4. The molecule has 0 spiro atoms. The highest BCUT2D eigenvalue weighted by Crippen LogP contribution is 2.36.